The van der Waals surface area contributed by atoms with Gasteiger partial charge in [-0.25, -0.2) is 0 Å². The monoisotopic (exact) mass is 235 g/mol. The zero-order valence-corrected chi connectivity index (χ0v) is 11.6. The molecule has 98 valence electrons. The van der Waals surface area contributed by atoms with Gasteiger partial charge in [0.05, 0.1) is 0 Å². The van der Waals surface area contributed by atoms with Crippen LogP contribution in [0.3, 0.4) is 0 Å². The normalized spacial score (nSPS) is 45.4. The molecule has 0 aliphatic heterocycles. The van der Waals surface area contributed by atoms with Crippen LogP contribution >= 0.6 is 0 Å². The minimum atomic E-state index is 0.483. The lowest BCUT2D eigenvalue weighted by Crippen LogP contribution is -2.38. The standard InChI is InChI=1S/C16H29N/c1-16(2)7-3-4-14(16)15(17)10-13-9-11-5-6-12(13)8-11/h11-15H,3-10,17H2,1-2H3. The quantitative estimate of drug-likeness (QED) is 0.787. The van der Waals surface area contributed by atoms with E-state index in [1.807, 2.05) is 0 Å². The Morgan fingerprint density at radius 1 is 1.18 bits per heavy atom. The van der Waals surface area contributed by atoms with Crippen LogP contribution < -0.4 is 5.73 Å². The summed E-state index contributed by atoms with van der Waals surface area (Å²) in [5, 5.41) is 0. The number of hydrogen-bond acceptors (Lipinski definition) is 1. The second kappa shape index (κ2) is 4.26. The third-order valence-corrected chi connectivity index (χ3v) is 6.32. The van der Waals surface area contributed by atoms with E-state index >= 15 is 0 Å². The number of fused-ring (bicyclic) bond motifs is 2. The van der Waals surface area contributed by atoms with E-state index in [1.165, 1.54) is 51.4 Å². The van der Waals surface area contributed by atoms with Gasteiger partial charge < -0.3 is 5.73 Å². The molecule has 1 heteroatoms. The van der Waals surface area contributed by atoms with Crippen molar-refractivity contribution < 1.29 is 0 Å². The maximum absolute atomic E-state index is 6.57. The number of nitrogens with two attached hydrogens (primary N) is 1. The summed E-state index contributed by atoms with van der Waals surface area (Å²) in [7, 11) is 0. The molecule has 0 amide bonds. The molecule has 3 rings (SSSR count). The van der Waals surface area contributed by atoms with Gasteiger partial charge in [-0.3, -0.25) is 0 Å². The smallest absolute Gasteiger partial charge is 0.00750 e. The molecule has 3 saturated carbocycles. The van der Waals surface area contributed by atoms with Crippen molar-refractivity contribution in [1.29, 1.82) is 0 Å². The minimum Gasteiger partial charge on any atom is -0.327 e. The summed E-state index contributed by atoms with van der Waals surface area (Å²) in [5.41, 5.74) is 7.08. The zero-order valence-electron chi connectivity index (χ0n) is 11.6. The van der Waals surface area contributed by atoms with Gasteiger partial charge in [-0.05, 0) is 67.6 Å². The molecule has 2 N–H and O–H groups in total. The molecule has 0 aromatic carbocycles. The molecular weight excluding hydrogens is 206 g/mol. The van der Waals surface area contributed by atoms with Crippen LogP contribution in [-0.4, -0.2) is 6.04 Å². The molecule has 0 saturated heterocycles. The Morgan fingerprint density at radius 2 is 2.00 bits per heavy atom. The molecule has 17 heavy (non-hydrogen) atoms. The van der Waals surface area contributed by atoms with E-state index in [4.69, 9.17) is 5.73 Å². The van der Waals surface area contributed by atoms with Crippen LogP contribution in [0.1, 0.15) is 65.2 Å². The molecule has 0 aromatic heterocycles. The molecular formula is C16H29N. The molecule has 0 radical (unpaired) electrons. The lowest BCUT2D eigenvalue weighted by atomic mass is 9.73. The maximum atomic E-state index is 6.57. The Hall–Kier alpha value is -0.0400. The first-order valence-corrected chi connectivity index (χ1v) is 7.82. The SMILES string of the molecule is CC1(C)CCCC1C(N)CC1CC2CCC1C2. The molecule has 1 nitrogen and oxygen atoms in total. The van der Waals surface area contributed by atoms with Crippen molar-refractivity contribution >= 4 is 0 Å². The van der Waals surface area contributed by atoms with Crippen LogP contribution in [-0.2, 0) is 0 Å². The average molecular weight is 235 g/mol. The van der Waals surface area contributed by atoms with Crippen LogP contribution in [0.5, 0.6) is 0 Å². The topological polar surface area (TPSA) is 26.0 Å². The van der Waals surface area contributed by atoms with Crippen LogP contribution in [0, 0.1) is 29.1 Å². The highest BCUT2D eigenvalue weighted by molar-refractivity contribution is 4.96. The number of hydrogen-bond donors (Lipinski definition) is 1. The Bertz CT molecular complexity index is 283. The predicted octanol–water partition coefficient (Wildman–Crippen LogP) is 3.97. The lowest BCUT2D eigenvalue weighted by molar-refractivity contribution is 0.183. The summed E-state index contributed by atoms with van der Waals surface area (Å²) in [6.45, 7) is 4.87. The third kappa shape index (κ3) is 2.16. The summed E-state index contributed by atoms with van der Waals surface area (Å²) >= 11 is 0. The lowest BCUT2D eigenvalue weighted by Gasteiger charge is -2.35. The second-order valence-electron chi connectivity index (χ2n) is 7.82. The fourth-order valence-electron chi connectivity index (χ4n) is 5.33. The first kappa shape index (κ1) is 12.0. The Morgan fingerprint density at radius 3 is 2.53 bits per heavy atom. The summed E-state index contributed by atoms with van der Waals surface area (Å²) in [4.78, 5) is 0. The summed E-state index contributed by atoms with van der Waals surface area (Å²) < 4.78 is 0. The van der Waals surface area contributed by atoms with Gasteiger partial charge in [0.1, 0.15) is 0 Å². The molecule has 5 unspecified atom stereocenters. The summed E-state index contributed by atoms with van der Waals surface area (Å²) in [6.07, 6.45) is 11.6. The van der Waals surface area contributed by atoms with Crippen molar-refractivity contribution in [1.82, 2.24) is 0 Å². The van der Waals surface area contributed by atoms with Crippen molar-refractivity contribution in [2.45, 2.75) is 71.3 Å². The third-order valence-electron chi connectivity index (χ3n) is 6.32. The van der Waals surface area contributed by atoms with Gasteiger partial charge in [0, 0.05) is 6.04 Å². The highest BCUT2D eigenvalue weighted by atomic mass is 14.7. The molecule has 5 atom stereocenters. The van der Waals surface area contributed by atoms with Gasteiger partial charge in [-0.2, -0.15) is 0 Å². The highest BCUT2D eigenvalue weighted by Gasteiger charge is 2.43. The second-order valence-corrected chi connectivity index (χ2v) is 7.82. The fraction of sp³-hybridized carbons (Fsp3) is 1.00. The van der Waals surface area contributed by atoms with Gasteiger partial charge >= 0.3 is 0 Å². The van der Waals surface area contributed by atoms with Crippen molar-refractivity contribution in [2.24, 2.45) is 34.8 Å². The van der Waals surface area contributed by atoms with Gasteiger partial charge in [-0.15, -0.1) is 0 Å². The Kier molecular flexibility index (Phi) is 3.01. The van der Waals surface area contributed by atoms with E-state index in [0.29, 0.717) is 11.5 Å². The zero-order chi connectivity index (χ0) is 12.0. The highest BCUT2D eigenvalue weighted by Crippen LogP contribution is 2.52. The van der Waals surface area contributed by atoms with Gasteiger partial charge in [0.25, 0.3) is 0 Å². The molecule has 0 spiro atoms. The van der Waals surface area contributed by atoms with Crippen LogP contribution in [0.4, 0.5) is 0 Å². The first-order valence-electron chi connectivity index (χ1n) is 7.82. The largest absolute Gasteiger partial charge is 0.327 e. The van der Waals surface area contributed by atoms with E-state index in [2.05, 4.69) is 13.8 Å². The van der Waals surface area contributed by atoms with Gasteiger partial charge in [0.2, 0.25) is 0 Å². The van der Waals surface area contributed by atoms with Gasteiger partial charge in [-0.1, -0.05) is 26.7 Å². The van der Waals surface area contributed by atoms with E-state index in [1.54, 1.807) is 0 Å². The average Bonchev–Trinajstić information content (AvgIpc) is 2.91. The maximum Gasteiger partial charge on any atom is 0.00750 e. The molecule has 3 aliphatic carbocycles. The van der Waals surface area contributed by atoms with Crippen LogP contribution in [0.15, 0.2) is 0 Å². The molecule has 0 heterocycles. The summed E-state index contributed by atoms with van der Waals surface area (Å²) in [5.74, 6) is 3.91. The van der Waals surface area contributed by atoms with Gasteiger partial charge in [0.15, 0.2) is 0 Å². The molecule has 0 aromatic rings. The van der Waals surface area contributed by atoms with Crippen molar-refractivity contribution in [2.75, 3.05) is 0 Å². The first-order chi connectivity index (χ1) is 8.06. The molecule has 3 aliphatic rings. The van der Waals surface area contributed by atoms with E-state index in [9.17, 15) is 0 Å². The van der Waals surface area contributed by atoms with E-state index in [0.717, 1.165) is 23.7 Å². The van der Waals surface area contributed by atoms with Crippen molar-refractivity contribution in [3.63, 3.8) is 0 Å². The van der Waals surface area contributed by atoms with Crippen molar-refractivity contribution in [3.05, 3.63) is 0 Å². The Balaban J connectivity index is 1.58. The van der Waals surface area contributed by atoms with E-state index in [-0.39, 0.29) is 0 Å². The van der Waals surface area contributed by atoms with Crippen LogP contribution in [0.2, 0.25) is 0 Å². The minimum absolute atomic E-state index is 0.483. The van der Waals surface area contributed by atoms with E-state index < -0.39 is 0 Å². The number of rotatable bonds is 3. The fourth-order valence-corrected chi connectivity index (χ4v) is 5.33. The van der Waals surface area contributed by atoms with Crippen LogP contribution in [0.25, 0.3) is 0 Å². The predicted molar refractivity (Wildman–Crippen MR) is 72.7 cm³/mol. The summed E-state index contributed by atoms with van der Waals surface area (Å²) in [6, 6.07) is 0.483. The molecule has 3 fully saturated rings. The molecule has 2 bridgehead atoms. The Labute approximate surface area is 107 Å². The van der Waals surface area contributed by atoms with Crippen molar-refractivity contribution in [3.8, 4) is 0 Å².